The van der Waals surface area contributed by atoms with Crippen molar-refractivity contribution in [1.82, 2.24) is 0 Å². The minimum absolute atomic E-state index is 0.0645. The van der Waals surface area contributed by atoms with Crippen molar-refractivity contribution in [3.63, 3.8) is 0 Å². The predicted octanol–water partition coefficient (Wildman–Crippen LogP) is 6.24. The molecular formula is C23H36O2. The molecule has 140 valence electrons. The molecule has 1 aromatic rings. The molecule has 0 radical (unpaired) electrons. The van der Waals surface area contributed by atoms with Gasteiger partial charge >= 0.3 is 0 Å². The van der Waals surface area contributed by atoms with E-state index < -0.39 is 0 Å². The molecular weight excluding hydrogens is 308 g/mol. The highest BCUT2D eigenvalue weighted by atomic mass is 16.5. The second-order valence-corrected chi connectivity index (χ2v) is 6.49. The average molecular weight is 345 g/mol. The fourth-order valence-corrected chi connectivity index (χ4v) is 2.75. The summed E-state index contributed by atoms with van der Waals surface area (Å²) in [6.07, 6.45) is 21.5. The summed E-state index contributed by atoms with van der Waals surface area (Å²) in [5.74, 6) is 0.864. The summed E-state index contributed by atoms with van der Waals surface area (Å²) in [5.41, 5.74) is 1.33. The number of hydrogen-bond donors (Lipinski definition) is 1. The van der Waals surface area contributed by atoms with E-state index in [4.69, 9.17) is 9.84 Å². The molecule has 1 rings (SSSR count). The van der Waals surface area contributed by atoms with Crippen LogP contribution >= 0.6 is 0 Å². The van der Waals surface area contributed by atoms with E-state index in [1.54, 1.807) is 0 Å². The lowest BCUT2D eigenvalue weighted by Crippen LogP contribution is -2.01. The Bertz CT molecular complexity index is 477. The Hall–Kier alpha value is -1.54. The minimum Gasteiger partial charge on any atom is -0.491 e. The van der Waals surface area contributed by atoms with Crippen LogP contribution in [0.4, 0.5) is 0 Å². The van der Waals surface area contributed by atoms with Crippen LogP contribution in [0.3, 0.4) is 0 Å². The van der Waals surface area contributed by atoms with Crippen molar-refractivity contribution < 1.29 is 9.84 Å². The van der Waals surface area contributed by atoms with Gasteiger partial charge in [-0.3, -0.25) is 0 Å². The predicted molar refractivity (Wildman–Crippen MR) is 108 cm³/mol. The topological polar surface area (TPSA) is 29.5 Å². The molecule has 0 amide bonds. The van der Waals surface area contributed by atoms with Crippen LogP contribution in [0.15, 0.2) is 48.6 Å². The number of benzene rings is 1. The number of aliphatic hydroxyl groups is 1. The first-order chi connectivity index (χ1) is 12.4. The molecule has 0 bridgehead atoms. The first-order valence-electron chi connectivity index (χ1n) is 9.99. The summed E-state index contributed by atoms with van der Waals surface area (Å²) in [5, 5.41) is 8.80. The molecule has 0 unspecified atom stereocenters. The van der Waals surface area contributed by atoms with E-state index in [-0.39, 0.29) is 6.61 Å². The van der Waals surface area contributed by atoms with Gasteiger partial charge in [0.25, 0.3) is 0 Å². The summed E-state index contributed by atoms with van der Waals surface area (Å²) < 4.78 is 5.45. The lowest BCUT2D eigenvalue weighted by Gasteiger charge is -2.07. The zero-order valence-corrected chi connectivity index (χ0v) is 16.0. The maximum atomic E-state index is 8.80. The van der Waals surface area contributed by atoms with E-state index in [1.165, 1.54) is 56.9 Å². The summed E-state index contributed by atoms with van der Waals surface area (Å²) >= 11 is 0. The van der Waals surface area contributed by atoms with E-state index in [2.05, 4.69) is 43.4 Å². The van der Waals surface area contributed by atoms with Gasteiger partial charge in [-0.25, -0.2) is 0 Å². The van der Waals surface area contributed by atoms with Crippen LogP contribution in [0.25, 0.3) is 0 Å². The lowest BCUT2D eigenvalue weighted by molar-refractivity contribution is 0.201. The van der Waals surface area contributed by atoms with E-state index in [9.17, 15) is 0 Å². The normalized spacial score (nSPS) is 11.6. The van der Waals surface area contributed by atoms with Crippen molar-refractivity contribution in [3.8, 4) is 5.75 Å². The smallest absolute Gasteiger partial charge is 0.119 e. The molecule has 0 aliphatic heterocycles. The number of hydrogen-bond acceptors (Lipinski definition) is 2. The number of rotatable bonds is 15. The van der Waals surface area contributed by atoms with Crippen LogP contribution in [0.2, 0.25) is 0 Å². The Morgan fingerprint density at radius 1 is 0.920 bits per heavy atom. The molecule has 0 aliphatic carbocycles. The SMILES string of the molecule is CCC/C=C/C/C=C/CCCCCCCc1cccc(OCCO)c1. The molecule has 0 aliphatic rings. The van der Waals surface area contributed by atoms with Crippen LogP contribution in [0.5, 0.6) is 5.75 Å². The second-order valence-electron chi connectivity index (χ2n) is 6.49. The minimum atomic E-state index is 0.0645. The number of aryl methyl sites for hydroxylation is 1. The molecule has 1 N–H and O–H groups in total. The third kappa shape index (κ3) is 12.5. The molecule has 1 aromatic carbocycles. The van der Waals surface area contributed by atoms with Crippen molar-refractivity contribution in [2.75, 3.05) is 13.2 Å². The zero-order valence-electron chi connectivity index (χ0n) is 16.0. The first-order valence-corrected chi connectivity index (χ1v) is 9.99. The molecule has 0 saturated heterocycles. The monoisotopic (exact) mass is 344 g/mol. The van der Waals surface area contributed by atoms with E-state index in [0.717, 1.165) is 18.6 Å². The molecule has 0 fully saturated rings. The number of allylic oxidation sites excluding steroid dienone is 4. The van der Waals surface area contributed by atoms with E-state index >= 15 is 0 Å². The van der Waals surface area contributed by atoms with Crippen LogP contribution in [0.1, 0.15) is 70.3 Å². The van der Waals surface area contributed by atoms with Gasteiger partial charge in [0.15, 0.2) is 0 Å². The second kappa shape index (κ2) is 16.0. The van der Waals surface area contributed by atoms with Gasteiger partial charge in [0.2, 0.25) is 0 Å². The molecule has 0 spiro atoms. The standard InChI is InChI=1S/C23H36O2/c1-2-3-4-5-6-7-8-9-10-11-12-13-14-16-22-17-15-18-23(21-22)25-20-19-24/h4-5,7-8,15,17-18,21,24H,2-3,6,9-14,16,19-20H2,1H3/b5-4+,8-7+. The maximum Gasteiger partial charge on any atom is 0.119 e. The zero-order chi connectivity index (χ0) is 18.0. The van der Waals surface area contributed by atoms with Crippen molar-refractivity contribution in [1.29, 1.82) is 0 Å². The highest BCUT2D eigenvalue weighted by Crippen LogP contribution is 2.16. The Labute approximate surface area is 154 Å². The third-order valence-corrected chi connectivity index (χ3v) is 4.16. The fraction of sp³-hybridized carbons (Fsp3) is 0.565. The van der Waals surface area contributed by atoms with Gasteiger partial charge in [-0.1, -0.05) is 69.0 Å². The van der Waals surface area contributed by atoms with E-state index in [0.29, 0.717) is 6.61 Å². The Balaban J connectivity index is 1.99. The Kier molecular flexibility index (Phi) is 13.7. The highest BCUT2D eigenvalue weighted by molar-refractivity contribution is 5.28. The highest BCUT2D eigenvalue weighted by Gasteiger charge is 1.98. The van der Waals surface area contributed by atoms with Gasteiger partial charge in [0.05, 0.1) is 6.61 Å². The molecule has 25 heavy (non-hydrogen) atoms. The van der Waals surface area contributed by atoms with Gasteiger partial charge in [0, 0.05) is 0 Å². The summed E-state index contributed by atoms with van der Waals surface area (Å²) in [6.45, 7) is 2.65. The summed E-state index contributed by atoms with van der Waals surface area (Å²) in [7, 11) is 0. The van der Waals surface area contributed by atoms with Crippen LogP contribution in [0, 0.1) is 0 Å². The van der Waals surface area contributed by atoms with Crippen LogP contribution < -0.4 is 4.74 Å². The summed E-state index contributed by atoms with van der Waals surface area (Å²) in [4.78, 5) is 0. The Morgan fingerprint density at radius 2 is 1.68 bits per heavy atom. The Morgan fingerprint density at radius 3 is 2.48 bits per heavy atom. The van der Waals surface area contributed by atoms with Crippen molar-refractivity contribution in [2.24, 2.45) is 0 Å². The summed E-state index contributed by atoms with van der Waals surface area (Å²) in [6, 6.07) is 8.24. The van der Waals surface area contributed by atoms with Gasteiger partial charge in [0.1, 0.15) is 12.4 Å². The number of unbranched alkanes of at least 4 members (excludes halogenated alkanes) is 6. The van der Waals surface area contributed by atoms with Crippen molar-refractivity contribution >= 4 is 0 Å². The van der Waals surface area contributed by atoms with Crippen molar-refractivity contribution in [3.05, 3.63) is 54.1 Å². The van der Waals surface area contributed by atoms with Gasteiger partial charge in [-0.15, -0.1) is 0 Å². The van der Waals surface area contributed by atoms with E-state index in [1.807, 2.05) is 12.1 Å². The molecule has 0 atom stereocenters. The van der Waals surface area contributed by atoms with Gasteiger partial charge in [-0.2, -0.15) is 0 Å². The lowest BCUT2D eigenvalue weighted by atomic mass is 10.0. The van der Waals surface area contributed by atoms with Crippen LogP contribution in [-0.2, 0) is 6.42 Å². The maximum absolute atomic E-state index is 8.80. The van der Waals surface area contributed by atoms with Crippen LogP contribution in [-0.4, -0.2) is 18.3 Å². The first kappa shape index (κ1) is 21.5. The quantitative estimate of drug-likeness (QED) is 0.301. The third-order valence-electron chi connectivity index (χ3n) is 4.16. The molecule has 2 nitrogen and oxygen atoms in total. The number of ether oxygens (including phenoxy) is 1. The largest absolute Gasteiger partial charge is 0.491 e. The molecule has 0 saturated carbocycles. The van der Waals surface area contributed by atoms with Gasteiger partial charge < -0.3 is 9.84 Å². The molecule has 2 heteroatoms. The fourth-order valence-electron chi connectivity index (χ4n) is 2.75. The average Bonchev–Trinajstić information content (AvgIpc) is 2.64. The van der Waals surface area contributed by atoms with Gasteiger partial charge in [-0.05, 0) is 56.2 Å². The molecule has 0 heterocycles. The molecule has 0 aromatic heterocycles. The number of aliphatic hydroxyl groups excluding tert-OH is 1. The van der Waals surface area contributed by atoms with Crippen molar-refractivity contribution in [2.45, 2.75) is 71.1 Å².